The molecule has 3 aromatic rings. The minimum Gasteiger partial charge on any atom is -0.394 e. The summed E-state index contributed by atoms with van der Waals surface area (Å²) in [6.07, 6.45) is 1.06. The van der Waals surface area contributed by atoms with Crippen molar-refractivity contribution in [1.82, 2.24) is 4.90 Å². The highest BCUT2D eigenvalue weighted by molar-refractivity contribution is 6.72. The van der Waals surface area contributed by atoms with Crippen molar-refractivity contribution in [1.29, 1.82) is 0 Å². The summed E-state index contributed by atoms with van der Waals surface area (Å²) < 4.78 is 23.1. The first kappa shape index (κ1) is 35.6. The van der Waals surface area contributed by atoms with Crippen molar-refractivity contribution in [2.75, 3.05) is 23.1 Å². The van der Waals surface area contributed by atoms with Gasteiger partial charge in [-0.1, -0.05) is 49.4 Å². The van der Waals surface area contributed by atoms with Crippen LogP contribution in [0.15, 0.2) is 77.9 Å². The fourth-order valence-corrected chi connectivity index (χ4v) is 11.2. The van der Waals surface area contributed by atoms with Gasteiger partial charge >= 0.3 is 0 Å². The first-order valence-corrected chi connectivity index (χ1v) is 20.7. The second-order valence-electron chi connectivity index (χ2n) is 14.7. The number of nitro benzene ring substituents is 1. The largest absolute Gasteiger partial charge is 0.394 e. The maximum absolute atomic E-state index is 16.4. The normalized spacial score (nSPS) is 25.9. The zero-order valence-electron chi connectivity index (χ0n) is 29.4. The number of carbonyl (C=O) groups excluding carboxylic acids is 3. The number of aliphatic hydroxyl groups is 1. The standard InChI is InChI=1S/C38H42FN5O7Si/c1-24-36(52(2,3)39)33(21-35(47)41-18-8-13-29(41)23-45)51-38(24)30-20-28(44(49)50)14-16-32(30)42(37(38)48)22-25-9-7-12-27(19-25)43-34(46)17-15-31(40-43)26-10-5-4-6-11-26/h4-7,9-12,14,16,19-20,24,29,33,36,45H,8,13,15,17-18,21-23H2,1-3H3/t24-,29+,33+,36-,38+/m1/s1. The number of aliphatic hydroxyl groups excluding tert-OH is 1. The zero-order valence-corrected chi connectivity index (χ0v) is 30.4. The smallest absolute Gasteiger partial charge is 0.269 e. The molecule has 2 saturated heterocycles. The van der Waals surface area contributed by atoms with E-state index in [9.17, 15) is 29.6 Å². The molecule has 14 heteroatoms. The Morgan fingerprint density at radius 2 is 1.87 bits per heavy atom. The summed E-state index contributed by atoms with van der Waals surface area (Å²) in [5.41, 5.74) is 0.768. The van der Waals surface area contributed by atoms with E-state index in [1.807, 2.05) is 36.4 Å². The highest BCUT2D eigenvalue weighted by Gasteiger charge is 2.67. The average molecular weight is 728 g/mol. The number of rotatable bonds is 9. The van der Waals surface area contributed by atoms with Crippen LogP contribution in [0.25, 0.3) is 0 Å². The Balaban J connectivity index is 1.24. The van der Waals surface area contributed by atoms with Crippen LogP contribution in [-0.4, -0.2) is 72.1 Å². The van der Waals surface area contributed by atoms with Gasteiger partial charge < -0.3 is 23.8 Å². The molecule has 0 saturated carbocycles. The number of ether oxygens (including phenoxy) is 1. The first-order chi connectivity index (χ1) is 24.8. The first-order valence-electron chi connectivity index (χ1n) is 17.8. The molecule has 4 heterocycles. The Morgan fingerprint density at radius 3 is 2.58 bits per heavy atom. The highest BCUT2D eigenvalue weighted by Crippen LogP contribution is 2.60. The number of nitrogens with zero attached hydrogens (tertiary/aromatic N) is 5. The van der Waals surface area contributed by atoms with Crippen LogP contribution < -0.4 is 9.91 Å². The fourth-order valence-electron chi connectivity index (χ4n) is 8.71. The van der Waals surface area contributed by atoms with Gasteiger partial charge in [0.25, 0.3) is 11.6 Å². The Morgan fingerprint density at radius 1 is 1.10 bits per heavy atom. The van der Waals surface area contributed by atoms with Crippen molar-refractivity contribution in [2.24, 2.45) is 11.0 Å². The van der Waals surface area contributed by atoms with Gasteiger partial charge in [0, 0.05) is 48.5 Å². The van der Waals surface area contributed by atoms with Gasteiger partial charge in [-0.2, -0.15) is 5.10 Å². The van der Waals surface area contributed by atoms with Gasteiger partial charge in [-0.25, -0.2) is 5.01 Å². The van der Waals surface area contributed by atoms with Crippen molar-refractivity contribution in [3.63, 3.8) is 0 Å². The van der Waals surface area contributed by atoms with Crippen LogP contribution in [0, 0.1) is 16.0 Å². The molecule has 5 atom stereocenters. The van der Waals surface area contributed by atoms with Gasteiger partial charge in [-0.15, -0.1) is 0 Å². The number of anilines is 2. The molecule has 4 aliphatic rings. The lowest BCUT2D eigenvalue weighted by Crippen LogP contribution is -2.45. The number of hydrazone groups is 1. The molecular formula is C38H42FN5O7Si. The predicted octanol–water partition coefficient (Wildman–Crippen LogP) is 5.82. The monoisotopic (exact) mass is 727 g/mol. The number of amides is 3. The van der Waals surface area contributed by atoms with Gasteiger partial charge in [0.15, 0.2) is 5.60 Å². The van der Waals surface area contributed by atoms with E-state index in [1.165, 1.54) is 41.2 Å². The summed E-state index contributed by atoms with van der Waals surface area (Å²) in [5, 5.41) is 27.9. The topological polar surface area (TPSA) is 146 Å². The maximum Gasteiger partial charge on any atom is 0.269 e. The molecule has 0 aliphatic carbocycles. The lowest BCUT2D eigenvalue weighted by molar-refractivity contribution is -0.385. The second kappa shape index (κ2) is 13.6. The highest BCUT2D eigenvalue weighted by atomic mass is 28.4. The van der Waals surface area contributed by atoms with Crippen molar-refractivity contribution in [3.8, 4) is 0 Å². The summed E-state index contributed by atoms with van der Waals surface area (Å²) >= 11 is 0. The van der Waals surface area contributed by atoms with E-state index < -0.39 is 42.4 Å². The predicted molar refractivity (Wildman–Crippen MR) is 195 cm³/mol. The summed E-state index contributed by atoms with van der Waals surface area (Å²) in [6, 6.07) is 20.6. The van der Waals surface area contributed by atoms with E-state index in [4.69, 9.17) is 4.74 Å². The molecule has 3 amide bonds. The zero-order chi connectivity index (χ0) is 36.9. The molecule has 2 fully saturated rings. The summed E-state index contributed by atoms with van der Waals surface area (Å²) in [4.78, 5) is 56.2. The Labute approximate surface area is 302 Å². The van der Waals surface area contributed by atoms with Gasteiger partial charge in [0.1, 0.15) is 0 Å². The molecule has 0 aromatic heterocycles. The van der Waals surface area contributed by atoms with E-state index in [0.29, 0.717) is 36.3 Å². The molecule has 1 N–H and O–H groups in total. The minimum atomic E-state index is -3.62. The number of carbonyl (C=O) groups is 3. The number of nitro groups is 1. The van der Waals surface area contributed by atoms with E-state index >= 15 is 4.11 Å². The van der Waals surface area contributed by atoms with Crippen LogP contribution in [0.3, 0.4) is 0 Å². The van der Waals surface area contributed by atoms with Crippen molar-refractivity contribution in [2.45, 2.75) is 82.0 Å². The number of benzene rings is 3. The van der Waals surface area contributed by atoms with Crippen LogP contribution in [0.1, 0.15) is 55.7 Å². The number of hydrogen-bond acceptors (Lipinski definition) is 8. The molecule has 3 aromatic carbocycles. The molecule has 52 heavy (non-hydrogen) atoms. The van der Waals surface area contributed by atoms with E-state index in [0.717, 1.165) is 17.7 Å². The lowest BCUT2D eigenvalue weighted by Gasteiger charge is -2.31. The quantitative estimate of drug-likeness (QED) is 0.127. The summed E-state index contributed by atoms with van der Waals surface area (Å²) in [7, 11) is -3.62. The molecule has 0 bridgehead atoms. The number of non-ortho nitro benzene ring substituents is 1. The van der Waals surface area contributed by atoms with Crippen LogP contribution in [0.4, 0.5) is 21.2 Å². The van der Waals surface area contributed by atoms with Crippen LogP contribution in [0.5, 0.6) is 0 Å². The maximum atomic E-state index is 16.4. The van der Waals surface area contributed by atoms with Crippen LogP contribution >= 0.6 is 0 Å². The Hall–Kier alpha value is -4.79. The van der Waals surface area contributed by atoms with Crippen LogP contribution in [-0.2, 0) is 31.3 Å². The van der Waals surface area contributed by atoms with Gasteiger partial charge in [-0.05, 0) is 55.3 Å². The molecule has 12 nitrogen and oxygen atoms in total. The second-order valence-corrected chi connectivity index (χ2v) is 18.5. The summed E-state index contributed by atoms with van der Waals surface area (Å²) in [5.74, 6) is -1.70. The molecule has 0 unspecified atom stereocenters. The molecule has 0 radical (unpaired) electrons. The van der Waals surface area contributed by atoms with Crippen molar-refractivity contribution in [3.05, 3.63) is 99.6 Å². The number of fused-ring (bicyclic) bond motifs is 2. The van der Waals surface area contributed by atoms with E-state index in [1.54, 1.807) is 30.0 Å². The number of likely N-dealkylation sites (tertiary alicyclic amines) is 1. The third-order valence-electron chi connectivity index (χ3n) is 11.1. The van der Waals surface area contributed by atoms with Gasteiger partial charge in [0.05, 0.1) is 53.7 Å². The van der Waals surface area contributed by atoms with E-state index in [2.05, 4.69) is 5.10 Å². The Kier molecular flexibility index (Phi) is 9.34. The molecule has 272 valence electrons. The molecule has 4 aliphatic heterocycles. The van der Waals surface area contributed by atoms with Gasteiger partial charge in [0.2, 0.25) is 20.2 Å². The SMILES string of the molecule is C[C@@H]1[C@@H]([Si](C)(C)F)[C@H](CC(=O)N2CCC[C@H]2CO)O[C@@]12C(=O)N(Cc1cccc(N3N=C(c4ccccc4)CCC3=O)c1)c1ccc([N+](=O)[O-])cc12. The number of hydrogen-bond donors (Lipinski definition) is 1. The third-order valence-corrected chi connectivity index (χ3v) is 13.5. The Bertz CT molecular complexity index is 1950. The van der Waals surface area contributed by atoms with Crippen molar-refractivity contribution < 1.29 is 33.3 Å². The lowest BCUT2D eigenvalue weighted by atomic mass is 9.82. The number of halogens is 1. The third kappa shape index (κ3) is 6.11. The fraction of sp³-hybridized carbons (Fsp3) is 0.421. The molecule has 1 spiro atoms. The summed E-state index contributed by atoms with van der Waals surface area (Å²) in [6.45, 7) is 5.13. The molecular weight excluding hydrogens is 686 g/mol. The molecule has 7 rings (SSSR count). The van der Waals surface area contributed by atoms with Crippen molar-refractivity contribution >= 4 is 48.9 Å². The van der Waals surface area contributed by atoms with Gasteiger partial charge in [-0.3, -0.25) is 24.5 Å². The van der Waals surface area contributed by atoms with Crippen LogP contribution in [0.2, 0.25) is 18.6 Å². The van der Waals surface area contributed by atoms with E-state index in [-0.39, 0.29) is 55.1 Å². The average Bonchev–Trinajstić information content (AvgIpc) is 3.79. The minimum absolute atomic E-state index is 0.0310.